The normalized spacial score (nSPS) is 12.0. The number of aromatic nitrogens is 1. The third-order valence-corrected chi connectivity index (χ3v) is 6.20. The topological polar surface area (TPSA) is 101 Å². The molecule has 0 aliphatic carbocycles. The minimum Gasteiger partial charge on any atom is -0.441 e. The molecule has 8 heteroatoms. The van der Waals surface area contributed by atoms with E-state index in [1.807, 2.05) is 46.8 Å². The number of oxazole rings is 1. The molecule has 0 unspecified atom stereocenters. The van der Waals surface area contributed by atoms with Crippen LogP contribution >= 0.6 is 0 Å². The van der Waals surface area contributed by atoms with E-state index in [1.54, 1.807) is 25.1 Å². The molecule has 0 fully saturated rings. The Morgan fingerprint density at radius 3 is 2.23 bits per heavy atom. The Bertz CT molecular complexity index is 1200. The zero-order valence-electron chi connectivity index (χ0n) is 18.7. The van der Waals surface area contributed by atoms with Crippen molar-refractivity contribution in [2.24, 2.45) is 0 Å². The highest BCUT2D eigenvalue weighted by atomic mass is 32.2. The summed E-state index contributed by atoms with van der Waals surface area (Å²) in [4.78, 5) is 16.9. The number of sulfonamides is 1. The van der Waals surface area contributed by atoms with Crippen LogP contribution in [0, 0.1) is 13.8 Å². The average Bonchev–Trinajstić information content (AvgIpc) is 3.00. The molecule has 31 heavy (non-hydrogen) atoms. The first-order valence-electron chi connectivity index (χ1n) is 10.3. The van der Waals surface area contributed by atoms with E-state index in [-0.39, 0.29) is 17.6 Å². The molecule has 0 aliphatic heterocycles. The third-order valence-electron chi connectivity index (χ3n) is 4.99. The Morgan fingerprint density at radius 1 is 1.03 bits per heavy atom. The van der Waals surface area contributed by atoms with E-state index < -0.39 is 16.1 Å². The molecular weight excluding hydrogens is 414 g/mol. The summed E-state index contributed by atoms with van der Waals surface area (Å²) in [7, 11) is -3.91. The molecule has 0 atom stereocenters. The minimum atomic E-state index is -3.91. The Kier molecular flexibility index (Phi) is 6.40. The number of urea groups is 1. The molecule has 0 saturated carbocycles. The summed E-state index contributed by atoms with van der Waals surface area (Å²) in [5.41, 5.74) is 5.41. The number of anilines is 1. The summed E-state index contributed by atoms with van der Waals surface area (Å²) in [6.07, 6.45) is 0. The van der Waals surface area contributed by atoms with Crippen LogP contribution in [0.25, 0.3) is 11.1 Å². The van der Waals surface area contributed by atoms with Gasteiger partial charge in [0.1, 0.15) is 5.52 Å². The quantitative estimate of drug-likeness (QED) is 0.535. The van der Waals surface area contributed by atoms with E-state index in [2.05, 4.69) is 15.0 Å². The average molecular weight is 444 g/mol. The van der Waals surface area contributed by atoms with Crippen LogP contribution in [0.15, 0.2) is 34.7 Å². The lowest BCUT2D eigenvalue weighted by atomic mass is 9.90. The number of hydrogen-bond acceptors (Lipinski definition) is 5. The lowest BCUT2D eigenvalue weighted by molar-refractivity contribution is 0.256. The van der Waals surface area contributed by atoms with Crippen LogP contribution in [-0.2, 0) is 15.8 Å². The number of benzene rings is 2. The van der Waals surface area contributed by atoms with Crippen LogP contribution in [0.5, 0.6) is 0 Å². The number of carbonyl (C=O) groups excluding carboxylic acids is 1. The van der Waals surface area contributed by atoms with Crippen LogP contribution in [0.3, 0.4) is 0 Å². The van der Waals surface area contributed by atoms with E-state index in [9.17, 15) is 13.2 Å². The molecule has 3 aromatic rings. The second-order valence-electron chi connectivity index (χ2n) is 8.48. The van der Waals surface area contributed by atoms with Gasteiger partial charge in [-0.25, -0.2) is 22.9 Å². The maximum Gasteiger partial charge on any atom is 0.332 e. The molecule has 0 saturated heterocycles. The summed E-state index contributed by atoms with van der Waals surface area (Å²) in [5.74, 6) is 0.501. The molecule has 0 bridgehead atoms. The minimum absolute atomic E-state index is 0.168. The van der Waals surface area contributed by atoms with Crippen LogP contribution < -0.4 is 10.0 Å². The summed E-state index contributed by atoms with van der Waals surface area (Å²) in [6, 6.07) is 8.25. The number of amides is 2. The number of carbonyl (C=O) groups is 1. The zero-order valence-corrected chi connectivity index (χ0v) is 19.6. The van der Waals surface area contributed by atoms with E-state index in [1.165, 1.54) is 0 Å². The first-order valence-corrected chi connectivity index (χ1v) is 11.9. The van der Waals surface area contributed by atoms with Gasteiger partial charge < -0.3 is 9.73 Å². The van der Waals surface area contributed by atoms with Gasteiger partial charge in [0.2, 0.25) is 10.0 Å². The monoisotopic (exact) mass is 443 g/mol. The standard InChI is InChI=1S/C23H29N3O4S/c1-13(2)18-9-15(5)10-19(14(3)4)22(18)25-23(27)26-31(28,29)12-17-7-8-21-20(11-17)24-16(6)30-21/h7-11,13-14H,12H2,1-6H3,(H2,25,26,27). The first kappa shape index (κ1) is 22.8. The second-order valence-corrected chi connectivity index (χ2v) is 10.2. The molecular formula is C23H29N3O4S. The molecule has 0 spiro atoms. The maximum atomic E-state index is 12.6. The van der Waals surface area contributed by atoms with Crippen LogP contribution in [-0.4, -0.2) is 19.4 Å². The fourth-order valence-electron chi connectivity index (χ4n) is 3.61. The zero-order chi connectivity index (χ0) is 22.9. The predicted octanol–water partition coefficient (Wildman–Crippen LogP) is 5.34. The number of aryl methyl sites for hydroxylation is 2. The van der Waals surface area contributed by atoms with E-state index in [4.69, 9.17) is 4.42 Å². The molecule has 166 valence electrons. The number of rotatable bonds is 6. The third kappa shape index (κ3) is 5.44. The second kappa shape index (κ2) is 8.70. The van der Waals surface area contributed by atoms with Crippen molar-refractivity contribution in [3.05, 3.63) is 58.5 Å². The highest BCUT2D eigenvalue weighted by molar-refractivity contribution is 7.89. The van der Waals surface area contributed by atoms with Gasteiger partial charge in [-0.1, -0.05) is 51.5 Å². The van der Waals surface area contributed by atoms with Crippen molar-refractivity contribution in [2.45, 2.75) is 59.1 Å². The summed E-state index contributed by atoms with van der Waals surface area (Å²) in [5, 5.41) is 2.79. The lowest BCUT2D eigenvalue weighted by Crippen LogP contribution is -2.35. The van der Waals surface area contributed by atoms with Gasteiger partial charge in [-0.05, 0) is 47.6 Å². The Labute approximate surface area is 183 Å². The Morgan fingerprint density at radius 2 is 1.65 bits per heavy atom. The summed E-state index contributed by atoms with van der Waals surface area (Å²) >= 11 is 0. The highest BCUT2D eigenvalue weighted by Gasteiger charge is 2.21. The van der Waals surface area contributed by atoms with Crippen LogP contribution in [0.1, 0.15) is 67.7 Å². The largest absolute Gasteiger partial charge is 0.441 e. The molecule has 2 aromatic carbocycles. The van der Waals surface area contributed by atoms with Crippen molar-refractivity contribution in [1.29, 1.82) is 0 Å². The molecule has 0 aliphatic rings. The summed E-state index contributed by atoms with van der Waals surface area (Å²) < 4.78 is 32.8. The first-order chi connectivity index (χ1) is 14.4. The Balaban J connectivity index is 1.80. The molecule has 1 heterocycles. The molecule has 7 nitrogen and oxygen atoms in total. The smallest absolute Gasteiger partial charge is 0.332 e. The van der Waals surface area contributed by atoms with Gasteiger partial charge in [-0.15, -0.1) is 0 Å². The number of nitrogens with one attached hydrogen (secondary N) is 2. The maximum absolute atomic E-state index is 12.6. The lowest BCUT2D eigenvalue weighted by Gasteiger charge is -2.21. The fourth-order valence-corrected chi connectivity index (χ4v) is 4.64. The molecule has 0 radical (unpaired) electrons. The Hall–Kier alpha value is -2.87. The molecule has 2 N–H and O–H groups in total. The SMILES string of the molecule is Cc1cc(C(C)C)c(NC(=O)NS(=O)(=O)Cc2ccc3oc(C)nc3c2)c(C(C)C)c1. The van der Waals surface area contributed by atoms with Crippen LogP contribution in [0.4, 0.5) is 10.5 Å². The summed E-state index contributed by atoms with van der Waals surface area (Å²) in [6.45, 7) is 11.9. The van der Waals surface area contributed by atoms with Gasteiger partial charge in [-0.3, -0.25) is 0 Å². The predicted molar refractivity (Wildman–Crippen MR) is 123 cm³/mol. The van der Waals surface area contributed by atoms with E-state index in [0.29, 0.717) is 28.2 Å². The van der Waals surface area contributed by atoms with Gasteiger partial charge in [0.25, 0.3) is 0 Å². The highest BCUT2D eigenvalue weighted by Crippen LogP contribution is 2.33. The van der Waals surface area contributed by atoms with Crippen molar-refractivity contribution >= 4 is 32.8 Å². The number of nitrogens with zero attached hydrogens (tertiary/aromatic N) is 1. The van der Waals surface area contributed by atoms with Gasteiger partial charge >= 0.3 is 6.03 Å². The molecule has 2 amide bonds. The van der Waals surface area contributed by atoms with Crippen molar-refractivity contribution in [1.82, 2.24) is 9.71 Å². The van der Waals surface area contributed by atoms with Crippen molar-refractivity contribution in [3.8, 4) is 0 Å². The molecule has 3 rings (SSSR count). The van der Waals surface area contributed by atoms with Gasteiger partial charge in [-0.2, -0.15) is 0 Å². The molecule has 1 aromatic heterocycles. The van der Waals surface area contributed by atoms with Gasteiger partial charge in [0, 0.05) is 12.6 Å². The van der Waals surface area contributed by atoms with E-state index >= 15 is 0 Å². The fraction of sp³-hybridized carbons (Fsp3) is 0.391. The number of fused-ring (bicyclic) bond motifs is 1. The van der Waals surface area contributed by atoms with Crippen LogP contribution in [0.2, 0.25) is 0 Å². The van der Waals surface area contributed by atoms with Crippen molar-refractivity contribution < 1.29 is 17.6 Å². The number of hydrogen-bond donors (Lipinski definition) is 2. The van der Waals surface area contributed by atoms with Gasteiger partial charge in [0.15, 0.2) is 11.5 Å². The van der Waals surface area contributed by atoms with Crippen molar-refractivity contribution in [2.75, 3.05) is 5.32 Å². The van der Waals surface area contributed by atoms with E-state index in [0.717, 1.165) is 16.7 Å². The van der Waals surface area contributed by atoms with Gasteiger partial charge in [0.05, 0.1) is 5.75 Å². The van der Waals surface area contributed by atoms with Crippen molar-refractivity contribution in [3.63, 3.8) is 0 Å².